The van der Waals surface area contributed by atoms with Gasteiger partial charge in [-0.1, -0.05) is 58.4 Å². The summed E-state index contributed by atoms with van der Waals surface area (Å²) in [6.45, 7) is 0. The van der Waals surface area contributed by atoms with Crippen LogP contribution < -0.4 is 0 Å². The summed E-state index contributed by atoms with van der Waals surface area (Å²) >= 11 is 3.41. The molecule has 0 saturated carbocycles. The molecule has 2 aromatic carbocycles. The van der Waals surface area contributed by atoms with Crippen molar-refractivity contribution in [3.8, 4) is 34.7 Å². The Morgan fingerprint density at radius 2 is 1.33 bits per heavy atom. The smallest absolute Gasteiger partial charge is 0.192 e. The lowest BCUT2D eigenvalue weighted by molar-refractivity contribution is 0.931. The Morgan fingerprint density at radius 1 is 0.792 bits per heavy atom. The number of aromatic nitrogens is 2. The Morgan fingerprint density at radius 3 is 1.88 bits per heavy atom. The standard InChI is InChI=1S/C19H11BrN4/c20-16-8-6-14(7-9-16)18-10-17(13-4-2-1-3-5-13)23-19(24-18)15(11-21)12-22/h1-10,15H. The first-order valence-corrected chi connectivity index (χ1v) is 8.00. The number of hydrogen-bond acceptors (Lipinski definition) is 4. The van der Waals surface area contributed by atoms with Gasteiger partial charge in [-0.05, 0) is 18.2 Å². The van der Waals surface area contributed by atoms with Crippen molar-refractivity contribution in [1.29, 1.82) is 10.5 Å². The van der Waals surface area contributed by atoms with E-state index in [9.17, 15) is 10.5 Å². The molecule has 0 bridgehead atoms. The van der Waals surface area contributed by atoms with Crippen LogP contribution >= 0.6 is 15.9 Å². The molecule has 0 N–H and O–H groups in total. The van der Waals surface area contributed by atoms with Crippen molar-refractivity contribution in [2.75, 3.05) is 0 Å². The monoisotopic (exact) mass is 374 g/mol. The third-order valence-corrected chi connectivity index (χ3v) is 4.00. The van der Waals surface area contributed by atoms with Gasteiger partial charge < -0.3 is 0 Å². The van der Waals surface area contributed by atoms with Crippen LogP contribution in [0.2, 0.25) is 0 Å². The summed E-state index contributed by atoms with van der Waals surface area (Å²) in [7, 11) is 0. The summed E-state index contributed by atoms with van der Waals surface area (Å²) < 4.78 is 0.968. The lowest BCUT2D eigenvalue weighted by Crippen LogP contribution is -2.03. The lowest BCUT2D eigenvalue weighted by atomic mass is 10.1. The van der Waals surface area contributed by atoms with Crippen molar-refractivity contribution >= 4 is 15.9 Å². The van der Waals surface area contributed by atoms with Gasteiger partial charge in [0.15, 0.2) is 11.7 Å². The van der Waals surface area contributed by atoms with E-state index in [2.05, 4.69) is 25.9 Å². The average Bonchev–Trinajstić information content (AvgIpc) is 2.64. The Labute approximate surface area is 148 Å². The van der Waals surface area contributed by atoms with Crippen LogP contribution in [-0.4, -0.2) is 9.97 Å². The molecular formula is C19H11BrN4. The van der Waals surface area contributed by atoms with Gasteiger partial charge in [0, 0.05) is 15.6 Å². The van der Waals surface area contributed by atoms with Crippen molar-refractivity contribution in [2.45, 2.75) is 5.92 Å². The molecule has 0 atom stereocenters. The van der Waals surface area contributed by atoms with Crippen LogP contribution in [0, 0.1) is 22.7 Å². The van der Waals surface area contributed by atoms with Crippen molar-refractivity contribution in [1.82, 2.24) is 9.97 Å². The summed E-state index contributed by atoms with van der Waals surface area (Å²) in [5.41, 5.74) is 3.18. The number of benzene rings is 2. The number of nitrogens with zero attached hydrogens (tertiary/aromatic N) is 4. The van der Waals surface area contributed by atoms with Crippen LogP contribution in [0.1, 0.15) is 11.7 Å². The van der Waals surface area contributed by atoms with E-state index in [1.807, 2.05) is 72.8 Å². The maximum Gasteiger partial charge on any atom is 0.192 e. The minimum atomic E-state index is -0.997. The van der Waals surface area contributed by atoms with E-state index in [-0.39, 0.29) is 5.82 Å². The number of halogens is 1. The molecule has 0 spiro atoms. The molecular weight excluding hydrogens is 364 g/mol. The van der Waals surface area contributed by atoms with Crippen molar-refractivity contribution < 1.29 is 0 Å². The zero-order chi connectivity index (χ0) is 16.9. The van der Waals surface area contributed by atoms with E-state index in [1.165, 1.54) is 0 Å². The van der Waals surface area contributed by atoms with Crippen LogP contribution in [0.25, 0.3) is 22.5 Å². The van der Waals surface area contributed by atoms with Gasteiger partial charge in [0.1, 0.15) is 0 Å². The summed E-state index contributed by atoms with van der Waals surface area (Å²) in [5, 5.41) is 18.4. The molecule has 0 aliphatic rings. The predicted octanol–water partition coefficient (Wildman–Crippen LogP) is 4.70. The average molecular weight is 375 g/mol. The zero-order valence-electron chi connectivity index (χ0n) is 12.5. The molecule has 5 heteroatoms. The van der Waals surface area contributed by atoms with E-state index in [0.717, 1.165) is 15.6 Å². The van der Waals surface area contributed by atoms with E-state index in [0.29, 0.717) is 11.4 Å². The molecule has 0 unspecified atom stereocenters. The topological polar surface area (TPSA) is 73.4 Å². The largest absolute Gasteiger partial charge is 0.230 e. The van der Waals surface area contributed by atoms with Gasteiger partial charge in [-0.25, -0.2) is 9.97 Å². The number of rotatable bonds is 3. The quantitative estimate of drug-likeness (QED) is 0.665. The minimum Gasteiger partial charge on any atom is -0.230 e. The second-order valence-electron chi connectivity index (χ2n) is 5.06. The van der Waals surface area contributed by atoms with Gasteiger partial charge in [-0.15, -0.1) is 0 Å². The van der Waals surface area contributed by atoms with E-state index in [4.69, 9.17) is 0 Å². The normalized spacial score (nSPS) is 10.2. The van der Waals surface area contributed by atoms with Gasteiger partial charge in [0.2, 0.25) is 0 Å². The molecule has 0 aliphatic carbocycles. The Kier molecular flexibility index (Phi) is 4.65. The zero-order valence-corrected chi connectivity index (χ0v) is 14.1. The highest BCUT2D eigenvalue weighted by molar-refractivity contribution is 9.10. The maximum atomic E-state index is 9.18. The third kappa shape index (κ3) is 3.32. The van der Waals surface area contributed by atoms with Crippen molar-refractivity contribution in [3.63, 3.8) is 0 Å². The third-order valence-electron chi connectivity index (χ3n) is 3.47. The molecule has 0 radical (unpaired) electrons. The molecule has 4 nitrogen and oxygen atoms in total. The molecule has 0 amide bonds. The molecule has 0 fully saturated rings. The molecule has 1 aromatic heterocycles. The fourth-order valence-corrected chi connectivity index (χ4v) is 2.53. The molecule has 3 rings (SSSR count). The highest BCUT2D eigenvalue weighted by Crippen LogP contribution is 2.26. The van der Waals surface area contributed by atoms with E-state index < -0.39 is 5.92 Å². The van der Waals surface area contributed by atoms with Gasteiger partial charge in [0.25, 0.3) is 0 Å². The summed E-state index contributed by atoms with van der Waals surface area (Å²) in [6, 6.07) is 23.1. The highest BCUT2D eigenvalue weighted by Gasteiger charge is 2.16. The van der Waals surface area contributed by atoms with E-state index in [1.54, 1.807) is 0 Å². The molecule has 114 valence electrons. The maximum absolute atomic E-state index is 9.18. The first-order chi connectivity index (χ1) is 11.7. The summed E-state index contributed by atoms with van der Waals surface area (Å²) in [5.74, 6) is -0.776. The second-order valence-corrected chi connectivity index (χ2v) is 5.98. The highest BCUT2D eigenvalue weighted by atomic mass is 79.9. The van der Waals surface area contributed by atoms with Gasteiger partial charge >= 0.3 is 0 Å². The summed E-state index contributed by atoms with van der Waals surface area (Å²) in [4.78, 5) is 8.85. The molecule has 24 heavy (non-hydrogen) atoms. The Bertz CT molecular complexity index is 924. The van der Waals surface area contributed by atoms with Crippen molar-refractivity contribution in [3.05, 3.63) is 71.0 Å². The Balaban J connectivity index is 2.19. The van der Waals surface area contributed by atoms with Crippen molar-refractivity contribution in [2.24, 2.45) is 0 Å². The van der Waals surface area contributed by atoms with Gasteiger partial charge in [-0.2, -0.15) is 10.5 Å². The van der Waals surface area contributed by atoms with Gasteiger partial charge in [0.05, 0.1) is 23.5 Å². The predicted molar refractivity (Wildman–Crippen MR) is 94.6 cm³/mol. The van der Waals surface area contributed by atoms with Crippen LogP contribution in [0.5, 0.6) is 0 Å². The lowest BCUT2D eigenvalue weighted by Gasteiger charge is -2.09. The first-order valence-electron chi connectivity index (χ1n) is 7.21. The molecule has 3 aromatic rings. The summed E-state index contributed by atoms with van der Waals surface area (Å²) in [6.07, 6.45) is 0. The fourth-order valence-electron chi connectivity index (χ4n) is 2.26. The van der Waals surface area contributed by atoms with Crippen LogP contribution in [0.15, 0.2) is 65.1 Å². The molecule has 0 aliphatic heterocycles. The number of nitriles is 2. The minimum absolute atomic E-state index is 0.222. The number of hydrogen-bond donors (Lipinski definition) is 0. The van der Waals surface area contributed by atoms with Crippen LogP contribution in [0.4, 0.5) is 0 Å². The first kappa shape index (κ1) is 15.9. The Hall–Kier alpha value is -3.02. The SMILES string of the molecule is N#CC(C#N)c1nc(-c2ccccc2)cc(-c2ccc(Br)cc2)n1. The van der Waals surface area contributed by atoms with Crippen LogP contribution in [-0.2, 0) is 0 Å². The van der Waals surface area contributed by atoms with Crippen LogP contribution in [0.3, 0.4) is 0 Å². The van der Waals surface area contributed by atoms with E-state index >= 15 is 0 Å². The van der Waals surface area contributed by atoms with Gasteiger partial charge in [-0.3, -0.25) is 0 Å². The fraction of sp³-hybridized carbons (Fsp3) is 0.0526. The molecule has 1 heterocycles. The second kappa shape index (κ2) is 7.04. The molecule has 0 saturated heterocycles.